The van der Waals surface area contributed by atoms with E-state index < -0.39 is 0 Å². The summed E-state index contributed by atoms with van der Waals surface area (Å²) in [6.07, 6.45) is 1.96. The van der Waals surface area contributed by atoms with Crippen LogP contribution in [0, 0.1) is 5.92 Å². The Labute approximate surface area is 114 Å². The number of piperidine rings is 1. The van der Waals surface area contributed by atoms with E-state index >= 15 is 0 Å². The number of rotatable bonds is 5. The first-order chi connectivity index (χ1) is 9.29. The highest BCUT2D eigenvalue weighted by atomic mass is 16.5. The molecular weight excluding hydrogens is 242 g/mol. The van der Waals surface area contributed by atoms with Gasteiger partial charge in [0.2, 0.25) is 0 Å². The molecular formula is C15H21NO3. The van der Waals surface area contributed by atoms with Gasteiger partial charge in [0.05, 0.1) is 12.5 Å². The van der Waals surface area contributed by atoms with E-state index in [9.17, 15) is 4.79 Å². The summed E-state index contributed by atoms with van der Waals surface area (Å²) in [6, 6.07) is 7.67. The third kappa shape index (κ3) is 4.24. The maximum absolute atomic E-state index is 11.9. The zero-order chi connectivity index (χ0) is 13.5. The van der Waals surface area contributed by atoms with E-state index in [0.29, 0.717) is 13.2 Å². The van der Waals surface area contributed by atoms with Crippen LogP contribution in [0.4, 0.5) is 0 Å². The van der Waals surface area contributed by atoms with E-state index in [0.717, 1.165) is 37.2 Å². The first kappa shape index (κ1) is 13.9. The third-order valence-corrected chi connectivity index (χ3v) is 3.22. The fraction of sp³-hybridized carbons (Fsp3) is 0.533. The molecule has 1 N–H and O–H groups in total. The van der Waals surface area contributed by atoms with Crippen LogP contribution in [0.5, 0.6) is 5.75 Å². The lowest BCUT2D eigenvalue weighted by atomic mass is 10.0. The van der Waals surface area contributed by atoms with E-state index in [1.807, 2.05) is 31.2 Å². The van der Waals surface area contributed by atoms with Crippen LogP contribution in [0.3, 0.4) is 0 Å². The molecule has 104 valence electrons. The number of hydrogen-bond acceptors (Lipinski definition) is 4. The Morgan fingerprint density at radius 3 is 3.11 bits per heavy atom. The SMILES string of the molecule is CCOc1cccc(COC(=O)C2CCCNC2)c1. The van der Waals surface area contributed by atoms with Crippen LogP contribution in [-0.4, -0.2) is 25.7 Å². The van der Waals surface area contributed by atoms with Gasteiger partial charge in [-0.3, -0.25) is 4.79 Å². The third-order valence-electron chi connectivity index (χ3n) is 3.22. The van der Waals surface area contributed by atoms with Gasteiger partial charge in [-0.25, -0.2) is 0 Å². The zero-order valence-corrected chi connectivity index (χ0v) is 11.4. The van der Waals surface area contributed by atoms with Crippen molar-refractivity contribution in [2.24, 2.45) is 5.92 Å². The van der Waals surface area contributed by atoms with Crippen LogP contribution in [0.15, 0.2) is 24.3 Å². The highest BCUT2D eigenvalue weighted by Crippen LogP contribution is 2.16. The molecule has 0 amide bonds. The summed E-state index contributed by atoms with van der Waals surface area (Å²) in [5.74, 6) is 0.716. The summed E-state index contributed by atoms with van der Waals surface area (Å²) in [5, 5.41) is 3.22. The topological polar surface area (TPSA) is 47.6 Å². The summed E-state index contributed by atoms with van der Waals surface area (Å²) in [4.78, 5) is 11.9. The van der Waals surface area contributed by atoms with Crippen LogP contribution in [0.1, 0.15) is 25.3 Å². The summed E-state index contributed by atoms with van der Waals surface area (Å²) in [5.41, 5.74) is 0.961. The second kappa shape index (κ2) is 7.14. The molecule has 0 spiro atoms. The van der Waals surface area contributed by atoms with Gasteiger partial charge in [0, 0.05) is 6.54 Å². The van der Waals surface area contributed by atoms with Crippen molar-refractivity contribution in [2.45, 2.75) is 26.4 Å². The van der Waals surface area contributed by atoms with Crippen molar-refractivity contribution in [3.8, 4) is 5.75 Å². The number of esters is 1. The van der Waals surface area contributed by atoms with Crippen molar-refractivity contribution >= 4 is 5.97 Å². The van der Waals surface area contributed by atoms with Crippen LogP contribution >= 0.6 is 0 Å². The van der Waals surface area contributed by atoms with E-state index in [-0.39, 0.29) is 11.9 Å². The van der Waals surface area contributed by atoms with Crippen molar-refractivity contribution in [3.05, 3.63) is 29.8 Å². The molecule has 2 rings (SSSR count). The molecule has 1 atom stereocenters. The first-order valence-electron chi connectivity index (χ1n) is 6.88. The van der Waals surface area contributed by atoms with Gasteiger partial charge in [0.25, 0.3) is 0 Å². The molecule has 1 aromatic rings. The van der Waals surface area contributed by atoms with Crippen molar-refractivity contribution in [2.75, 3.05) is 19.7 Å². The Morgan fingerprint density at radius 1 is 1.47 bits per heavy atom. The molecule has 1 heterocycles. The Morgan fingerprint density at radius 2 is 2.37 bits per heavy atom. The molecule has 4 heteroatoms. The fourth-order valence-corrected chi connectivity index (χ4v) is 2.22. The minimum absolute atomic E-state index is 0.00354. The van der Waals surface area contributed by atoms with Crippen molar-refractivity contribution in [1.82, 2.24) is 5.32 Å². The monoisotopic (exact) mass is 263 g/mol. The fourth-order valence-electron chi connectivity index (χ4n) is 2.22. The average Bonchev–Trinajstić information content (AvgIpc) is 2.46. The Bertz CT molecular complexity index is 414. The van der Waals surface area contributed by atoms with Crippen LogP contribution in [0.25, 0.3) is 0 Å². The first-order valence-corrected chi connectivity index (χ1v) is 6.88. The van der Waals surface area contributed by atoms with Crippen LogP contribution < -0.4 is 10.1 Å². The molecule has 4 nitrogen and oxygen atoms in total. The lowest BCUT2D eigenvalue weighted by Crippen LogP contribution is -2.35. The number of nitrogens with one attached hydrogen (secondary N) is 1. The summed E-state index contributed by atoms with van der Waals surface area (Å²) in [6.45, 7) is 4.63. The quantitative estimate of drug-likeness (QED) is 0.827. The van der Waals surface area contributed by atoms with Gasteiger partial charge in [-0.15, -0.1) is 0 Å². The molecule has 0 aromatic heterocycles. The van der Waals surface area contributed by atoms with Gasteiger partial charge in [0.15, 0.2) is 0 Å². The van der Waals surface area contributed by atoms with Crippen LogP contribution in [0.2, 0.25) is 0 Å². The normalized spacial score (nSPS) is 18.9. The average molecular weight is 263 g/mol. The largest absolute Gasteiger partial charge is 0.494 e. The molecule has 1 saturated heterocycles. The van der Waals surface area contributed by atoms with E-state index in [4.69, 9.17) is 9.47 Å². The Kier molecular flexibility index (Phi) is 5.21. The lowest BCUT2D eigenvalue weighted by molar-refractivity contribution is -0.150. The van der Waals surface area contributed by atoms with Crippen molar-refractivity contribution in [3.63, 3.8) is 0 Å². The molecule has 1 aliphatic heterocycles. The predicted molar refractivity (Wildman–Crippen MR) is 73.0 cm³/mol. The Hall–Kier alpha value is -1.55. The van der Waals surface area contributed by atoms with Gasteiger partial charge in [0.1, 0.15) is 12.4 Å². The molecule has 1 unspecified atom stereocenters. The van der Waals surface area contributed by atoms with Crippen LogP contribution in [-0.2, 0) is 16.1 Å². The van der Waals surface area contributed by atoms with Gasteiger partial charge in [-0.2, -0.15) is 0 Å². The standard InChI is InChI=1S/C15H21NO3/c1-2-18-14-7-3-5-12(9-14)11-19-15(17)13-6-4-8-16-10-13/h3,5,7,9,13,16H,2,4,6,8,10-11H2,1H3. The van der Waals surface area contributed by atoms with Gasteiger partial charge in [-0.05, 0) is 44.0 Å². The summed E-state index contributed by atoms with van der Waals surface area (Å²) >= 11 is 0. The maximum atomic E-state index is 11.9. The molecule has 1 aliphatic rings. The molecule has 0 radical (unpaired) electrons. The van der Waals surface area contributed by atoms with Gasteiger partial charge < -0.3 is 14.8 Å². The maximum Gasteiger partial charge on any atom is 0.310 e. The number of carbonyl (C=O) groups excluding carboxylic acids is 1. The molecule has 19 heavy (non-hydrogen) atoms. The number of carbonyl (C=O) groups is 1. The highest BCUT2D eigenvalue weighted by molar-refractivity contribution is 5.72. The number of ether oxygens (including phenoxy) is 2. The zero-order valence-electron chi connectivity index (χ0n) is 11.4. The lowest BCUT2D eigenvalue weighted by Gasteiger charge is -2.21. The van der Waals surface area contributed by atoms with Gasteiger partial charge in [-0.1, -0.05) is 12.1 Å². The minimum Gasteiger partial charge on any atom is -0.494 e. The molecule has 0 saturated carbocycles. The molecule has 1 aromatic carbocycles. The van der Waals surface area contributed by atoms with E-state index in [2.05, 4.69) is 5.32 Å². The minimum atomic E-state index is -0.103. The number of benzene rings is 1. The highest BCUT2D eigenvalue weighted by Gasteiger charge is 2.22. The van der Waals surface area contributed by atoms with Gasteiger partial charge >= 0.3 is 5.97 Å². The predicted octanol–water partition coefficient (Wildman–Crippen LogP) is 2.13. The van der Waals surface area contributed by atoms with Crippen molar-refractivity contribution < 1.29 is 14.3 Å². The molecule has 0 aliphatic carbocycles. The second-order valence-electron chi connectivity index (χ2n) is 4.73. The summed E-state index contributed by atoms with van der Waals surface area (Å²) in [7, 11) is 0. The Balaban J connectivity index is 1.83. The number of hydrogen-bond donors (Lipinski definition) is 1. The molecule has 1 fully saturated rings. The smallest absolute Gasteiger partial charge is 0.310 e. The second-order valence-corrected chi connectivity index (χ2v) is 4.73. The van der Waals surface area contributed by atoms with E-state index in [1.54, 1.807) is 0 Å². The van der Waals surface area contributed by atoms with Crippen molar-refractivity contribution in [1.29, 1.82) is 0 Å². The molecule has 0 bridgehead atoms. The summed E-state index contributed by atoms with van der Waals surface area (Å²) < 4.78 is 10.8. The van der Waals surface area contributed by atoms with E-state index in [1.165, 1.54) is 0 Å².